The van der Waals surface area contributed by atoms with Gasteiger partial charge in [0, 0.05) is 33.2 Å². The van der Waals surface area contributed by atoms with Crippen molar-refractivity contribution in [3.05, 3.63) is 0 Å². The number of nitrogens with two attached hydrogens (primary N) is 1. The van der Waals surface area contributed by atoms with Gasteiger partial charge in [0.15, 0.2) is 0 Å². The van der Waals surface area contributed by atoms with Gasteiger partial charge in [0.05, 0.1) is 6.04 Å². The predicted octanol–water partition coefficient (Wildman–Crippen LogP) is 0.454. The van der Waals surface area contributed by atoms with Gasteiger partial charge in [-0.05, 0) is 31.6 Å². The van der Waals surface area contributed by atoms with Crippen molar-refractivity contribution in [1.29, 1.82) is 0 Å². The van der Waals surface area contributed by atoms with Crippen LogP contribution in [0, 0.1) is 5.92 Å². The van der Waals surface area contributed by atoms with Crippen molar-refractivity contribution >= 4 is 11.9 Å². The third-order valence-electron chi connectivity index (χ3n) is 3.57. The van der Waals surface area contributed by atoms with Crippen molar-refractivity contribution in [1.82, 2.24) is 4.90 Å². The Morgan fingerprint density at radius 2 is 2.05 bits per heavy atom. The van der Waals surface area contributed by atoms with Crippen LogP contribution in [0.4, 0.5) is 0 Å². The van der Waals surface area contributed by atoms with Crippen molar-refractivity contribution in [2.45, 2.75) is 38.1 Å². The summed E-state index contributed by atoms with van der Waals surface area (Å²) in [5.41, 5.74) is 5.86. The molecule has 0 aliphatic carbocycles. The molecule has 1 aliphatic rings. The van der Waals surface area contributed by atoms with Crippen LogP contribution in [0.25, 0.3) is 0 Å². The highest BCUT2D eigenvalue weighted by atomic mass is 16.5. The van der Waals surface area contributed by atoms with Crippen LogP contribution in [0.2, 0.25) is 0 Å². The summed E-state index contributed by atoms with van der Waals surface area (Å²) in [5, 5.41) is 8.74. The number of carbonyl (C=O) groups is 2. The number of carboxylic acids is 1. The molecule has 0 saturated carbocycles. The summed E-state index contributed by atoms with van der Waals surface area (Å²) >= 11 is 0. The van der Waals surface area contributed by atoms with E-state index in [0.29, 0.717) is 26.1 Å². The first kappa shape index (κ1) is 15.9. The van der Waals surface area contributed by atoms with Gasteiger partial charge in [-0.1, -0.05) is 0 Å². The molecule has 110 valence electrons. The standard InChI is InChI=1S/C13H24N2O4/c1-19-8-2-3-11(14)13(18)15-6-4-10(5-7-15)9-12(16)17/h10-11H,2-9,14H2,1H3,(H,16,17). The Kier molecular flexibility index (Phi) is 6.80. The van der Waals surface area contributed by atoms with Gasteiger partial charge in [-0.15, -0.1) is 0 Å². The molecule has 6 nitrogen and oxygen atoms in total. The van der Waals surface area contributed by atoms with Gasteiger partial charge in [0.1, 0.15) is 0 Å². The molecule has 0 spiro atoms. The molecule has 0 aromatic carbocycles. The van der Waals surface area contributed by atoms with E-state index >= 15 is 0 Å². The molecule has 0 aromatic rings. The minimum absolute atomic E-state index is 0.0233. The van der Waals surface area contributed by atoms with E-state index in [4.69, 9.17) is 15.6 Å². The monoisotopic (exact) mass is 272 g/mol. The lowest BCUT2D eigenvalue weighted by molar-refractivity contribution is -0.139. The maximum Gasteiger partial charge on any atom is 0.303 e. The highest BCUT2D eigenvalue weighted by Crippen LogP contribution is 2.21. The Labute approximate surface area is 113 Å². The summed E-state index contributed by atoms with van der Waals surface area (Å²) in [5.74, 6) is -0.600. The molecular weight excluding hydrogens is 248 g/mol. The molecule has 3 N–H and O–H groups in total. The zero-order chi connectivity index (χ0) is 14.3. The lowest BCUT2D eigenvalue weighted by atomic mass is 9.93. The quantitative estimate of drug-likeness (QED) is 0.657. The Hall–Kier alpha value is -1.14. The smallest absolute Gasteiger partial charge is 0.303 e. The molecule has 1 fully saturated rings. The van der Waals surface area contributed by atoms with E-state index in [9.17, 15) is 9.59 Å². The van der Waals surface area contributed by atoms with Gasteiger partial charge in [-0.2, -0.15) is 0 Å². The van der Waals surface area contributed by atoms with Crippen LogP contribution in [0.1, 0.15) is 32.1 Å². The SMILES string of the molecule is COCCCC(N)C(=O)N1CCC(CC(=O)O)CC1. The van der Waals surface area contributed by atoms with Crippen molar-refractivity contribution in [3.63, 3.8) is 0 Å². The topological polar surface area (TPSA) is 92.9 Å². The van der Waals surface area contributed by atoms with E-state index in [-0.39, 0.29) is 18.2 Å². The van der Waals surface area contributed by atoms with Crippen LogP contribution in [-0.2, 0) is 14.3 Å². The van der Waals surface area contributed by atoms with Gasteiger partial charge in [-0.25, -0.2) is 0 Å². The molecule has 1 unspecified atom stereocenters. The second-order valence-electron chi connectivity index (χ2n) is 5.11. The maximum atomic E-state index is 12.1. The minimum atomic E-state index is -0.763. The Morgan fingerprint density at radius 3 is 2.58 bits per heavy atom. The fourth-order valence-electron chi connectivity index (χ4n) is 2.41. The van der Waals surface area contributed by atoms with Crippen LogP contribution >= 0.6 is 0 Å². The van der Waals surface area contributed by atoms with Crippen molar-refractivity contribution in [3.8, 4) is 0 Å². The highest BCUT2D eigenvalue weighted by molar-refractivity contribution is 5.81. The predicted molar refractivity (Wildman–Crippen MR) is 70.6 cm³/mol. The fraction of sp³-hybridized carbons (Fsp3) is 0.846. The first-order valence-electron chi connectivity index (χ1n) is 6.79. The number of carboxylic acid groups (broad SMARTS) is 1. The Balaban J connectivity index is 2.29. The normalized spacial score (nSPS) is 18.3. The van der Waals surface area contributed by atoms with Gasteiger partial charge in [0.2, 0.25) is 5.91 Å². The molecule has 0 bridgehead atoms. The third kappa shape index (κ3) is 5.57. The van der Waals surface area contributed by atoms with Crippen molar-refractivity contribution in [2.75, 3.05) is 26.8 Å². The largest absolute Gasteiger partial charge is 0.481 e. The molecule has 1 rings (SSSR count). The Morgan fingerprint density at radius 1 is 1.42 bits per heavy atom. The third-order valence-corrected chi connectivity index (χ3v) is 3.57. The molecular formula is C13H24N2O4. The summed E-state index contributed by atoms with van der Waals surface area (Å²) in [6.45, 7) is 1.85. The summed E-state index contributed by atoms with van der Waals surface area (Å²) in [7, 11) is 1.63. The number of ether oxygens (including phenoxy) is 1. The molecule has 0 aromatic heterocycles. The molecule has 1 atom stereocenters. The minimum Gasteiger partial charge on any atom is -0.481 e. The van der Waals surface area contributed by atoms with E-state index in [2.05, 4.69) is 0 Å². The summed E-state index contributed by atoms with van der Waals surface area (Å²) in [4.78, 5) is 24.5. The van der Waals surface area contributed by atoms with Gasteiger partial charge in [0.25, 0.3) is 0 Å². The van der Waals surface area contributed by atoms with E-state index in [1.165, 1.54) is 0 Å². The maximum absolute atomic E-state index is 12.1. The first-order valence-corrected chi connectivity index (χ1v) is 6.79. The number of nitrogens with zero attached hydrogens (tertiary/aromatic N) is 1. The average molecular weight is 272 g/mol. The molecule has 6 heteroatoms. The zero-order valence-electron chi connectivity index (χ0n) is 11.5. The number of rotatable bonds is 7. The van der Waals surface area contributed by atoms with Gasteiger partial charge >= 0.3 is 5.97 Å². The van der Waals surface area contributed by atoms with E-state index < -0.39 is 12.0 Å². The van der Waals surface area contributed by atoms with E-state index in [1.54, 1.807) is 12.0 Å². The summed E-state index contributed by atoms with van der Waals surface area (Å²) in [6.07, 6.45) is 3.11. The first-order chi connectivity index (χ1) is 9.04. The highest BCUT2D eigenvalue weighted by Gasteiger charge is 2.26. The lowest BCUT2D eigenvalue weighted by Gasteiger charge is -2.33. The zero-order valence-corrected chi connectivity index (χ0v) is 11.5. The number of amides is 1. The molecule has 1 aliphatic heterocycles. The van der Waals surface area contributed by atoms with E-state index in [0.717, 1.165) is 19.3 Å². The second kappa shape index (κ2) is 8.12. The van der Waals surface area contributed by atoms with Crippen LogP contribution in [0.5, 0.6) is 0 Å². The van der Waals surface area contributed by atoms with Crippen molar-refractivity contribution in [2.24, 2.45) is 11.7 Å². The van der Waals surface area contributed by atoms with Crippen LogP contribution in [0.3, 0.4) is 0 Å². The van der Waals surface area contributed by atoms with E-state index in [1.807, 2.05) is 0 Å². The number of aliphatic carboxylic acids is 1. The molecule has 19 heavy (non-hydrogen) atoms. The van der Waals surface area contributed by atoms with Crippen LogP contribution in [0.15, 0.2) is 0 Å². The summed E-state index contributed by atoms with van der Waals surface area (Å²) in [6, 6.07) is -0.467. The number of hydrogen-bond donors (Lipinski definition) is 2. The molecule has 1 heterocycles. The number of piperidine rings is 1. The van der Waals surface area contributed by atoms with Gasteiger partial charge in [-0.3, -0.25) is 9.59 Å². The molecule has 1 amide bonds. The van der Waals surface area contributed by atoms with Gasteiger partial charge < -0.3 is 20.5 Å². The van der Waals surface area contributed by atoms with Crippen molar-refractivity contribution < 1.29 is 19.4 Å². The molecule has 0 radical (unpaired) electrons. The average Bonchev–Trinajstić information content (AvgIpc) is 2.38. The summed E-state index contributed by atoms with van der Waals surface area (Å²) < 4.78 is 4.93. The number of hydrogen-bond acceptors (Lipinski definition) is 4. The fourth-order valence-corrected chi connectivity index (χ4v) is 2.41. The lowest BCUT2D eigenvalue weighted by Crippen LogP contribution is -2.47. The van der Waals surface area contributed by atoms with Crippen LogP contribution < -0.4 is 5.73 Å². The second-order valence-corrected chi connectivity index (χ2v) is 5.11. The number of methoxy groups -OCH3 is 1. The Bertz CT molecular complexity index is 301. The number of likely N-dealkylation sites (tertiary alicyclic amines) is 1. The van der Waals surface area contributed by atoms with Crippen LogP contribution in [-0.4, -0.2) is 54.7 Å². The number of carbonyl (C=O) groups excluding carboxylic acids is 1. The molecule has 1 saturated heterocycles.